The maximum absolute atomic E-state index is 12.9. The number of piperazine rings is 1. The van der Waals surface area contributed by atoms with Crippen LogP contribution in [0.2, 0.25) is 0 Å². The lowest BCUT2D eigenvalue weighted by Crippen LogP contribution is -2.49. The number of nitrogens with one attached hydrogen (secondary N) is 1. The summed E-state index contributed by atoms with van der Waals surface area (Å²) < 4.78 is 33.7. The predicted octanol–water partition coefficient (Wildman–Crippen LogP) is 3.24. The normalized spacial score (nSPS) is 16.3. The molecule has 1 saturated heterocycles. The van der Waals surface area contributed by atoms with Gasteiger partial charge < -0.3 is 15.0 Å². The molecule has 0 amide bonds. The number of hydrogen-bond donors (Lipinski definition) is 1. The minimum absolute atomic E-state index is 0.0826. The van der Waals surface area contributed by atoms with Gasteiger partial charge in [-0.05, 0) is 30.7 Å². The molecule has 0 aliphatic carbocycles. The fourth-order valence-corrected chi connectivity index (χ4v) is 4.50. The Morgan fingerprint density at radius 1 is 1.14 bits per heavy atom. The molecule has 2 aromatic carbocycles. The second-order valence-corrected chi connectivity index (χ2v) is 8.68. The monoisotopic (exact) mass is 480 g/mol. The first-order chi connectivity index (χ1) is 16.9. The zero-order valence-corrected chi connectivity index (χ0v) is 19.5. The van der Waals surface area contributed by atoms with Gasteiger partial charge in [0.05, 0.1) is 17.4 Å². The number of rotatable bonds is 6. The number of nitrogens with zero attached hydrogens (tertiary/aromatic N) is 5. The van der Waals surface area contributed by atoms with Gasteiger partial charge in [0.15, 0.2) is 0 Å². The molecule has 1 aliphatic rings. The Labute approximate surface area is 200 Å². The fourth-order valence-electron chi connectivity index (χ4n) is 4.50. The van der Waals surface area contributed by atoms with E-state index in [0.717, 1.165) is 30.8 Å². The summed E-state index contributed by atoms with van der Waals surface area (Å²) in [6, 6.07) is 12.5. The highest BCUT2D eigenvalue weighted by Crippen LogP contribution is 2.26. The van der Waals surface area contributed by atoms with Crippen LogP contribution in [0.15, 0.2) is 59.7 Å². The summed E-state index contributed by atoms with van der Waals surface area (Å²) in [7, 11) is 1.66. The molecule has 182 valence electrons. The van der Waals surface area contributed by atoms with Crippen LogP contribution in [-0.4, -0.2) is 51.6 Å². The minimum atomic E-state index is -2.93. The summed E-state index contributed by atoms with van der Waals surface area (Å²) in [5, 5.41) is 3.94. The number of aromatic nitrogens is 4. The van der Waals surface area contributed by atoms with Gasteiger partial charge in [-0.1, -0.05) is 24.3 Å². The van der Waals surface area contributed by atoms with Crippen molar-refractivity contribution < 1.29 is 13.5 Å². The van der Waals surface area contributed by atoms with E-state index in [2.05, 4.69) is 31.8 Å². The molecular weight excluding hydrogens is 454 g/mol. The van der Waals surface area contributed by atoms with Gasteiger partial charge in [-0.25, -0.2) is 9.97 Å². The number of halogens is 2. The lowest BCUT2D eigenvalue weighted by Gasteiger charge is -2.31. The Kier molecular flexibility index (Phi) is 6.21. The van der Waals surface area contributed by atoms with Gasteiger partial charge in [0.25, 0.3) is 5.56 Å². The van der Waals surface area contributed by atoms with E-state index in [1.807, 2.05) is 12.1 Å². The van der Waals surface area contributed by atoms with Crippen LogP contribution in [0.25, 0.3) is 22.0 Å². The number of alkyl halides is 2. The van der Waals surface area contributed by atoms with Crippen LogP contribution >= 0.6 is 0 Å². The van der Waals surface area contributed by atoms with Crippen molar-refractivity contribution in [2.45, 2.75) is 26.1 Å². The van der Waals surface area contributed by atoms with E-state index in [0.29, 0.717) is 28.5 Å². The molecule has 8 nitrogen and oxygen atoms in total. The van der Waals surface area contributed by atoms with E-state index >= 15 is 0 Å². The number of anilines is 1. The summed E-state index contributed by atoms with van der Waals surface area (Å²) in [6.45, 7) is 1.98. The SMILES string of the molecule is C[C@@H]1CN(c2ncc(-c3ccc4c(=O)n(C)n(Cc5ccccc5OC(F)F)c4c3)cn2)CCN1. The van der Waals surface area contributed by atoms with Crippen molar-refractivity contribution in [1.29, 1.82) is 0 Å². The van der Waals surface area contributed by atoms with Gasteiger partial charge >= 0.3 is 6.61 Å². The Bertz CT molecular complexity index is 1400. The fraction of sp³-hybridized carbons (Fsp3) is 0.320. The highest BCUT2D eigenvalue weighted by atomic mass is 19.3. The van der Waals surface area contributed by atoms with E-state index < -0.39 is 6.61 Å². The quantitative estimate of drug-likeness (QED) is 0.457. The number of benzene rings is 2. The molecule has 1 atom stereocenters. The lowest BCUT2D eigenvalue weighted by atomic mass is 10.1. The van der Waals surface area contributed by atoms with Gasteiger partial charge in [-0.3, -0.25) is 14.2 Å². The number of hydrogen-bond acceptors (Lipinski definition) is 6. The Hall–Kier alpha value is -3.79. The van der Waals surface area contributed by atoms with E-state index in [1.165, 1.54) is 10.7 Å². The molecule has 5 rings (SSSR count). The smallest absolute Gasteiger partial charge is 0.387 e. The average Bonchev–Trinajstić information content (AvgIpc) is 3.09. The Morgan fingerprint density at radius 2 is 1.91 bits per heavy atom. The van der Waals surface area contributed by atoms with Gasteiger partial charge in [-0.15, -0.1) is 0 Å². The standard InChI is InChI=1S/C25H26F2N6O2/c1-16-14-32(10-9-28-16)25-29-12-19(13-30-25)17-7-8-20-21(11-17)33(31(2)23(20)34)15-18-5-3-4-6-22(18)35-24(26)27/h3-8,11-13,16,24,28H,9-10,14-15H2,1-2H3/t16-/m1/s1. The second kappa shape index (κ2) is 9.46. The van der Waals surface area contributed by atoms with Gasteiger partial charge in [0, 0.05) is 56.2 Å². The third-order valence-electron chi connectivity index (χ3n) is 6.29. The molecule has 3 heterocycles. The third-order valence-corrected chi connectivity index (χ3v) is 6.29. The predicted molar refractivity (Wildman–Crippen MR) is 130 cm³/mol. The summed E-state index contributed by atoms with van der Waals surface area (Å²) >= 11 is 0. The average molecular weight is 481 g/mol. The van der Waals surface area contributed by atoms with Crippen molar-refractivity contribution in [2.75, 3.05) is 24.5 Å². The molecule has 0 spiro atoms. The molecule has 1 N–H and O–H groups in total. The molecule has 0 radical (unpaired) electrons. The molecule has 0 saturated carbocycles. The number of ether oxygens (including phenoxy) is 1. The maximum Gasteiger partial charge on any atom is 0.387 e. The van der Waals surface area contributed by atoms with Crippen molar-refractivity contribution in [1.82, 2.24) is 24.6 Å². The lowest BCUT2D eigenvalue weighted by molar-refractivity contribution is -0.0505. The van der Waals surface area contributed by atoms with Crippen molar-refractivity contribution in [3.63, 3.8) is 0 Å². The molecule has 4 aromatic rings. The topological polar surface area (TPSA) is 77.2 Å². The molecule has 1 fully saturated rings. The van der Waals surface area contributed by atoms with Crippen molar-refractivity contribution in [3.05, 3.63) is 70.8 Å². The minimum Gasteiger partial charge on any atom is -0.434 e. The first kappa shape index (κ1) is 23.0. The molecule has 35 heavy (non-hydrogen) atoms. The summed E-state index contributed by atoms with van der Waals surface area (Å²) in [5.41, 5.74) is 2.74. The zero-order valence-electron chi connectivity index (χ0n) is 19.5. The first-order valence-corrected chi connectivity index (χ1v) is 11.4. The van der Waals surface area contributed by atoms with Crippen molar-refractivity contribution in [3.8, 4) is 16.9 Å². The second-order valence-electron chi connectivity index (χ2n) is 8.68. The molecular formula is C25H26F2N6O2. The van der Waals surface area contributed by atoms with E-state index in [-0.39, 0.29) is 17.9 Å². The van der Waals surface area contributed by atoms with Crippen molar-refractivity contribution in [2.24, 2.45) is 7.05 Å². The highest BCUT2D eigenvalue weighted by Gasteiger charge is 2.19. The largest absolute Gasteiger partial charge is 0.434 e. The highest BCUT2D eigenvalue weighted by molar-refractivity contribution is 5.84. The third kappa shape index (κ3) is 4.61. The van der Waals surface area contributed by atoms with E-state index in [4.69, 9.17) is 0 Å². The van der Waals surface area contributed by atoms with Crippen LogP contribution in [0.1, 0.15) is 12.5 Å². The van der Waals surface area contributed by atoms with Crippen LogP contribution < -0.4 is 20.5 Å². The molecule has 1 aliphatic heterocycles. The molecule has 10 heteroatoms. The maximum atomic E-state index is 12.9. The Morgan fingerprint density at radius 3 is 2.66 bits per heavy atom. The summed E-state index contributed by atoms with van der Waals surface area (Å²) in [4.78, 5) is 24.1. The molecule has 0 bridgehead atoms. The zero-order chi connectivity index (χ0) is 24.5. The van der Waals surface area contributed by atoms with Crippen LogP contribution in [-0.2, 0) is 13.6 Å². The van der Waals surface area contributed by atoms with Gasteiger partial charge in [0.1, 0.15) is 5.75 Å². The number of fused-ring (bicyclic) bond motifs is 1. The van der Waals surface area contributed by atoms with Crippen LogP contribution in [0, 0.1) is 0 Å². The van der Waals surface area contributed by atoms with E-state index in [9.17, 15) is 13.6 Å². The van der Waals surface area contributed by atoms with Gasteiger partial charge in [0.2, 0.25) is 5.95 Å². The van der Waals surface area contributed by atoms with E-state index in [1.54, 1.807) is 48.4 Å². The summed E-state index contributed by atoms with van der Waals surface area (Å²) in [5.74, 6) is 0.773. The summed E-state index contributed by atoms with van der Waals surface area (Å²) in [6.07, 6.45) is 3.57. The number of para-hydroxylation sites is 1. The van der Waals surface area contributed by atoms with Gasteiger partial charge in [-0.2, -0.15) is 8.78 Å². The first-order valence-electron chi connectivity index (χ1n) is 11.4. The molecule has 0 unspecified atom stereocenters. The van der Waals surface area contributed by atoms with Crippen LogP contribution in [0.5, 0.6) is 5.75 Å². The molecule has 2 aromatic heterocycles. The van der Waals surface area contributed by atoms with Crippen molar-refractivity contribution >= 4 is 16.9 Å². The van der Waals surface area contributed by atoms with Crippen LogP contribution in [0.3, 0.4) is 0 Å². The Balaban J connectivity index is 1.49. The van der Waals surface area contributed by atoms with Crippen LogP contribution in [0.4, 0.5) is 14.7 Å².